The maximum absolute atomic E-state index is 12.7. The van der Waals surface area contributed by atoms with Gasteiger partial charge in [0.1, 0.15) is 0 Å². The summed E-state index contributed by atoms with van der Waals surface area (Å²) < 4.78 is 38.1. The van der Waals surface area contributed by atoms with Crippen molar-refractivity contribution in [3.05, 3.63) is 28.8 Å². The Bertz CT molecular complexity index is 500. The molecule has 20 heavy (non-hydrogen) atoms. The summed E-state index contributed by atoms with van der Waals surface area (Å²) in [5, 5.41) is 3.50. The van der Waals surface area contributed by atoms with E-state index in [0.717, 1.165) is 31.6 Å². The predicted octanol–water partition coefficient (Wildman–Crippen LogP) is 4.01. The molecule has 1 aliphatic carbocycles. The van der Waals surface area contributed by atoms with Crippen LogP contribution in [0.5, 0.6) is 0 Å². The number of likely N-dealkylation sites (tertiary alicyclic amines) is 1. The van der Waals surface area contributed by atoms with Crippen molar-refractivity contribution >= 4 is 17.3 Å². The summed E-state index contributed by atoms with van der Waals surface area (Å²) in [6, 6.07) is 4.29. The van der Waals surface area contributed by atoms with Gasteiger partial charge in [0.15, 0.2) is 0 Å². The molecule has 2 nitrogen and oxygen atoms in total. The molecule has 0 radical (unpaired) electrons. The van der Waals surface area contributed by atoms with Crippen LogP contribution in [-0.2, 0) is 6.18 Å². The fourth-order valence-corrected chi connectivity index (χ4v) is 2.88. The molecule has 1 heterocycles. The van der Waals surface area contributed by atoms with Crippen LogP contribution < -0.4 is 5.32 Å². The van der Waals surface area contributed by atoms with Gasteiger partial charge >= 0.3 is 6.18 Å². The van der Waals surface area contributed by atoms with Gasteiger partial charge in [-0.3, -0.25) is 4.90 Å². The lowest BCUT2D eigenvalue weighted by atomic mass is 10.1. The van der Waals surface area contributed by atoms with E-state index in [1.165, 1.54) is 18.9 Å². The highest BCUT2D eigenvalue weighted by Crippen LogP contribution is 2.35. The summed E-state index contributed by atoms with van der Waals surface area (Å²) in [4.78, 5) is 2.40. The Balaban J connectivity index is 1.70. The second kappa shape index (κ2) is 5.11. The molecule has 1 aromatic carbocycles. The summed E-state index contributed by atoms with van der Waals surface area (Å²) in [7, 11) is 0. The minimum atomic E-state index is -4.34. The lowest BCUT2D eigenvalue weighted by molar-refractivity contribution is -0.137. The number of anilines is 1. The van der Waals surface area contributed by atoms with E-state index in [1.54, 1.807) is 0 Å². The smallest absolute Gasteiger partial charge is 0.380 e. The average molecular weight is 305 g/mol. The van der Waals surface area contributed by atoms with Gasteiger partial charge in [-0.25, -0.2) is 0 Å². The third-order valence-corrected chi connectivity index (χ3v) is 4.27. The first-order valence-corrected chi connectivity index (χ1v) is 7.18. The minimum Gasteiger partial charge on any atom is -0.380 e. The number of rotatable bonds is 3. The molecule has 3 rings (SSSR count). The molecule has 1 unspecified atom stereocenters. The molecule has 1 N–H and O–H groups in total. The van der Waals surface area contributed by atoms with Crippen molar-refractivity contribution in [2.24, 2.45) is 0 Å². The number of benzene rings is 1. The van der Waals surface area contributed by atoms with Crippen molar-refractivity contribution in [2.45, 2.75) is 37.5 Å². The second-order valence-corrected chi connectivity index (χ2v) is 5.96. The summed E-state index contributed by atoms with van der Waals surface area (Å²) in [6.07, 6.45) is -0.895. The van der Waals surface area contributed by atoms with Gasteiger partial charge in [0.2, 0.25) is 0 Å². The number of nitrogens with one attached hydrogen (secondary N) is 1. The Morgan fingerprint density at radius 1 is 1.20 bits per heavy atom. The van der Waals surface area contributed by atoms with Gasteiger partial charge in [0, 0.05) is 25.2 Å². The van der Waals surface area contributed by atoms with E-state index < -0.39 is 11.7 Å². The standard InChI is InChI=1S/C14H16ClF3N2/c15-12-4-1-9(14(16,17)18)7-13(12)19-10-5-6-20(8-10)11-2-3-11/h1,4,7,10-11,19H,2-3,5-6,8H2. The van der Waals surface area contributed by atoms with Gasteiger partial charge < -0.3 is 5.32 Å². The molecule has 1 aliphatic heterocycles. The Kier molecular flexibility index (Phi) is 3.58. The highest BCUT2D eigenvalue weighted by Gasteiger charge is 2.35. The van der Waals surface area contributed by atoms with E-state index in [9.17, 15) is 13.2 Å². The summed E-state index contributed by atoms with van der Waals surface area (Å²) >= 11 is 5.99. The zero-order valence-corrected chi connectivity index (χ0v) is 11.6. The van der Waals surface area contributed by atoms with Crippen LogP contribution >= 0.6 is 11.6 Å². The first kappa shape index (κ1) is 14.0. The second-order valence-electron chi connectivity index (χ2n) is 5.55. The summed E-state index contributed by atoms with van der Waals surface area (Å²) in [5.74, 6) is 0. The van der Waals surface area contributed by atoms with Gasteiger partial charge in [-0.1, -0.05) is 11.6 Å². The Labute approximate surface area is 120 Å². The lowest BCUT2D eigenvalue weighted by Gasteiger charge is -2.18. The zero-order valence-electron chi connectivity index (χ0n) is 10.9. The number of hydrogen-bond acceptors (Lipinski definition) is 2. The Morgan fingerprint density at radius 2 is 1.95 bits per heavy atom. The molecule has 0 bridgehead atoms. The Hall–Kier alpha value is -0.940. The maximum atomic E-state index is 12.7. The molecule has 2 fully saturated rings. The molecule has 0 spiro atoms. The highest BCUT2D eigenvalue weighted by molar-refractivity contribution is 6.33. The first-order valence-electron chi connectivity index (χ1n) is 6.81. The van der Waals surface area contributed by atoms with Crippen LogP contribution in [-0.4, -0.2) is 30.1 Å². The fraction of sp³-hybridized carbons (Fsp3) is 0.571. The van der Waals surface area contributed by atoms with Crippen LogP contribution in [0.1, 0.15) is 24.8 Å². The third kappa shape index (κ3) is 3.04. The third-order valence-electron chi connectivity index (χ3n) is 3.94. The van der Waals surface area contributed by atoms with Gasteiger partial charge in [-0.15, -0.1) is 0 Å². The first-order chi connectivity index (χ1) is 9.43. The monoisotopic (exact) mass is 304 g/mol. The lowest BCUT2D eigenvalue weighted by Crippen LogP contribution is -2.27. The minimum absolute atomic E-state index is 0.177. The van der Waals surface area contributed by atoms with Crippen molar-refractivity contribution in [1.29, 1.82) is 0 Å². The largest absolute Gasteiger partial charge is 0.416 e. The molecule has 1 aromatic rings. The van der Waals surface area contributed by atoms with E-state index in [-0.39, 0.29) is 6.04 Å². The van der Waals surface area contributed by atoms with Crippen LogP contribution in [0.15, 0.2) is 18.2 Å². The van der Waals surface area contributed by atoms with E-state index in [4.69, 9.17) is 11.6 Å². The fourth-order valence-electron chi connectivity index (χ4n) is 2.71. The number of nitrogens with zero attached hydrogens (tertiary/aromatic N) is 1. The van der Waals surface area contributed by atoms with Crippen molar-refractivity contribution in [1.82, 2.24) is 4.90 Å². The van der Waals surface area contributed by atoms with E-state index in [1.807, 2.05) is 0 Å². The Morgan fingerprint density at radius 3 is 2.60 bits per heavy atom. The highest BCUT2D eigenvalue weighted by atomic mass is 35.5. The van der Waals surface area contributed by atoms with Crippen molar-refractivity contribution in [2.75, 3.05) is 18.4 Å². The number of alkyl halides is 3. The molecule has 2 aliphatic rings. The van der Waals surface area contributed by atoms with Gasteiger partial charge in [-0.2, -0.15) is 13.2 Å². The maximum Gasteiger partial charge on any atom is 0.416 e. The molecule has 1 saturated carbocycles. The van der Waals surface area contributed by atoms with Gasteiger partial charge in [0.25, 0.3) is 0 Å². The molecule has 1 atom stereocenters. The van der Waals surface area contributed by atoms with Crippen LogP contribution in [0.25, 0.3) is 0 Å². The molecular weight excluding hydrogens is 289 g/mol. The predicted molar refractivity (Wildman–Crippen MR) is 73.1 cm³/mol. The van der Waals surface area contributed by atoms with Crippen LogP contribution in [0, 0.1) is 0 Å². The van der Waals surface area contributed by atoms with Crippen molar-refractivity contribution in [3.63, 3.8) is 0 Å². The summed E-state index contributed by atoms with van der Waals surface area (Å²) in [5.41, 5.74) is -0.286. The quantitative estimate of drug-likeness (QED) is 0.908. The van der Waals surface area contributed by atoms with Crippen molar-refractivity contribution in [3.8, 4) is 0 Å². The zero-order chi connectivity index (χ0) is 14.3. The topological polar surface area (TPSA) is 15.3 Å². The molecular formula is C14H16ClF3N2. The van der Waals surface area contributed by atoms with Crippen LogP contribution in [0.4, 0.5) is 18.9 Å². The molecule has 0 aromatic heterocycles. The molecule has 6 heteroatoms. The molecule has 1 saturated heterocycles. The molecule has 110 valence electrons. The number of halogens is 4. The van der Waals surface area contributed by atoms with E-state index in [0.29, 0.717) is 16.8 Å². The van der Waals surface area contributed by atoms with Crippen LogP contribution in [0.2, 0.25) is 5.02 Å². The van der Waals surface area contributed by atoms with Crippen molar-refractivity contribution < 1.29 is 13.2 Å². The van der Waals surface area contributed by atoms with Gasteiger partial charge in [0.05, 0.1) is 16.3 Å². The summed E-state index contributed by atoms with van der Waals surface area (Å²) in [6.45, 7) is 1.90. The van der Waals surface area contributed by atoms with E-state index in [2.05, 4.69) is 10.2 Å². The van der Waals surface area contributed by atoms with Gasteiger partial charge in [-0.05, 0) is 37.5 Å². The number of hydrogen-bond donors (Lipinski definition) is 1. The molecule has 0 amide bonds. The van der Waals surface area contributed by atoms with E-state index >= 15 is 0 Å². The normalized spacial score (nSPS) is 24.1. The van der Waals surface area contributed by atoms with Crippen LogP contribution in [0.3, 0.4) is 0 Å². The average Bonchev–Trinajstić information content (AvgIpc) is 3.12. The SMILES string of the molecule is FC(F)(F)c1ccc(Cl)c(NC2CCN(C3CC3)C2)c1.